The van der Waals surface area contributed by atoms with Crippen LogP contribution in [0.3, 0.4) is 0 Å². The van der Waals surface area contributed by atoms with Gasteiger partial charge in [0.1, 0.15) is 23.0 Å². The molecule has 0 spiro atoms. The molecular weight excluding hydrogens is 465 g/mol. The van der Waals surface area contributed by atoms with Crippen molar-refractivity contribution in [3.8, 4) is 6.07 Å². The number of nitriles is 1. The van der Waals surface area contributed by atoms with Crippen molar-refractivity contribution in [2.75, 3.05) is 6.54 Å². The summed E-state index contributed by atoms with van der Waals surface area (Å²) in [5.74, 6) is -1.34. The van der Waals surface area contributed by atoms with Gasteiger partial charge in [0.15, 0.2) is 9.84 Å². The number of carbonyl (C=O) groups excluding carboxylic acids is 2. The fourth-order valence-corrected chi connectivity index (χ4v) is 5.51. The maximum Gasteiger partial charge on any atom is 0.528 e. The molecular formula is C20H23ClFN3O6S. The van der Waals surface area contributed by atoms with Gasteiger partial charge in [-0.05, 0) is 58.2 Å². The first-order valence-electron chi connectivity index (χ1n) is 9.86. The van der Waals surface area contributed by atoms with Crippen molar-refractivity contribution in [3.05, 3.63) is 29.0 Å². The summed E-state index contributed by atoms with van der Waals surface area (Å²) in [5.41, 5.74) is -1.87. The monoisotopic (exact) mass is 487 g/mol. The summed E-state index contributed by atoms with van der Waals surface area (Å²) in [4.78, 5) is 29.9. The summed E-state index contributed by atoms with van der Waals surface area (Å²) < 4.78 is 44.8. The summed E-state index contributed by atoms with van der Waals surface area (Å²) in [6.07, 6.45) is -0.384. The Balaban J connectivity index is 1.85. The molecule has 3 rings (SSSR count). The molecule has 2 fully saturated rings. The number of nitrogens with one attached hydrogen (secondary N) is 1. The van der Waals surface area contributed by atoms with Gasteiger partial charge in [-0.2, -0.15) is 5.26 Å². The number of hydrogen-bond donors (Lipinski definition) is 1. The molecule has 0 aromatic heterocycles. The third-order valence-electron chi connectivity index (χ3n) is 5.07. The molecule has 1 saturated heterocycles. The highest BCUT2D eigenvalue weighted by Crippen LogP contribution is 2.36. The minimum atomic E-state index is -4.11. The zero-order valence-corrected chi connectivity index (χ0v) is 19.3. The Bertz CT molecular complexity index is 1080. The number of sulfone groups is 1. The molecule has 1 amide bonds. The predicted molar refractivity (Wildman–Crippen MR) is 111 cm³/mol. The molecule has 1 saturated carbocycles. The lowest BCUT2D eigenvalue weighted by atomic mass is 10.2. The normalized spacial score (nSPS) is 22.6. The molecule has 1 aromatic carbocycles. The molecule has 1 aliphatic heterocycles. The Kier molecular flexibility index (Phi) is 6.43. The van der Waals surface area contributed by atoms with E-state index in [0.717, 1.165) is 23.3 Å². The highest BCUT2D eigenvalue weighted by Gasteiger charge is 2.50. The summed E-state index contributed by atoms with van der Waals surface area (Å²) >= 11 is 5.95. The maximum atomic E-state index is 13.4. The van der Waals surface area contributed by atoms with Crippen LogP contribution < -0.4 is 5.32 Å². The SMILES string of the molecule is CC(C)(C)OC(=O)ON1C[C@H](S(=O)(=O)c2ccc(F)cc2Cl)C[C@H]1C(=O)NC1(C#N)CC1. The van der Waals surface area contributed by atoms with Gasteiger partial charge >= 0.3 is 6.16 Å². The van der Waals surface area contributed by atoms with Gasteiger partial charge in [-0.3, -0.25) is 4.79 Å². The highest BCUT2D eigenvalue weighted by atomic mass is 35.5. The number of ether oxygens (including phenoxy) is 1. The van der Waals surface area contributed by atoms with Gasteiger partial charge in [-0.25, -0.2) is 17.6 Å². The number of benzene rings is 1. The van der Waals surface area contributed by atoms with Gasteiger partial charge in [0.2, 0.25) is 5.91 Å². The Labute approximate surface area is 190 Å². The maximum absolute atomic E-state index is 13.4. The molecule has 12 heteroatoms. The molecule has 0 bridgehead atoms. The van der Waals surface area contributed by atoms with E-state index in [1.165, 1.54) is 0 Å². The second-order valence-electron chi connectivity index (χ2n) is 8.83. The predicted octanol–water partition coefficient (Wildman–Crippen LogP) is 2.73. The minimum Gasteiger partial charge on any atom is -0.427 e. The van der Waals surface area contributed by atoms with Crippen LogP contribution in [0.4, 0.5) is 9.18 Å². The van der Waals surface area contributed by atoms with Crippen LogP contribution in [0.15, 0.2) is 23.1 Å². The molecule has 1 aliphatic carbocycles. The van der Waals surface area contributed by atoms with Gasteiger partial charge in [0, 0.05) is 0 Å². The first-order valence-corrected chi connectivity index (χ1v) is 11.8. The molecule has 2 atom stereocenters. The number of carbonyl (C=O) groups is 2. The van der Waals surface area contributed by atoms with E-state index in [9.17, 15) is 27.7 Å². The molecule has 2 aliphatic rings. The summed E-state index contributed by atoms with van der Waals surface area (Å²) in [5, 5.41) is 11.3. The molecule has 0 unspecified atom stereocenters. The standard InChI is InChI=1S/C20H23ClFN3O6S/c1-19(2,3)30-18(27)31-25-10-13(9-15(25)17(26)24-20(11-23)6-7-20)32(28,29)16-5-4-12(22)8-14(16)21/h4-5,8,13,15H,6-7,9-10H2,1-3H3,(H,24,26)/t13-,15+/m1/s1. The lowest BCUT2D eigenvalue weighted by Crippen LogP contribution is -2.48. The van der Waals surface area contributed by atoms with E-state index in [2.05, 4.69) is 5.32 Å². The summed E-state index contributed by atoms with van der Waals surface area (Å²) in [6.45, 7) is 4.52. The van der Waals surface area contributed by atoms with Crippen LogP contribution in [0.25, 0.3) is 0 Å². The third-order valence-corrected chi connectivity index (χ3v) is 7.68. The zero-order valence-electron chi connectivity index (χ0n) is 17.7. The third kappa shape index (κ3) is 5.31. The van der Waals surface area contributed by atoms with Gasteiger partial charge in [-0.1, -0.05) is 11.6 Å². The van der Waals surface area contributed by atoms with Crippen molar-refractivity contribution in [1.82, 2.24) is 10.4 Å². The van der Waals surface area contributed by atoms with Gasteiger partial charge < -0.3 is 14.9 Å². The first kappa shape index (κ1) is 24.2. The molecule has 1 aromatic rings. The topological polar surface area (TPSA) is 126 Å². The average Bonchev–Trinajstić information content (AvgIpc) is 3.29. The number of hydrogen-bond acceptors (Lipinski definition) is 8. The number of rotatable bonds is 5. The first-order chi connectivity index (χ1) is 14.8. The van der Waals surface area contributed by atoms with E-state index in [0.29, 0.717) is 12.8 Å². The lowest BCUT2D eigenvalue weighted by Gasteiger charge is -2.25. The van der Waals surface area contributed by atoms with Gasteiger partial charge in [0.25, 0.3) is 0 Å². The van der Waals surface area contributed by atoms with Crippen molar-refractivity contribution in [3.63, 3.8) is 0 Å². The number of hydroxylamine groups is 2. The van der Waals surface area contributed by atoms with Gasteiger partial charge in [0.05, 0.1) is 27.8 Å². The fraction of sp³-hybridized carbons (Fsp3) is 0.550. The van der Waals surface area contributed by atoms with Crippen LogP contribution in [0.1, 0.15) is 40.0 Å². The summed E-state index contributed by atoms with van der Waals surface area (Å²) in [6, 6.07) is 3.75. The largest absolute Gasteiger partial charge is 0.528 e. The Morgan fingerprint density at radius 3 is 2.53 bits per heavy atom. The van der Waals surface area contributed by atoms with E-state index in [1.807, 2.05) is 6.07 Å². The van der Waals surface area contributed by atoms with Crippen LogP contribution in [0, 0.1) is 17.1 Å². The van der Waals surface area contributed by atoms with Crippen molar-refractivity contribution in [2.24, 2.45) is 0 Å². The van der Waals surface area contributed by atoms with Crippen LogP contribution in [-0.4, -0.2) is 54.5 Å². The van der Waals surface area contributed by atoms with Crippen LogP contribution in [0.5, 0.6) is 0 Å². The molecule has 1 N–H and O–H groups in total. The average molecular weight is 488 g/mol. The van der Waals surface area contributed by atoms with Crippen LogP contribution >= 0.6 is 11.6 Å². The quantitative estimate of drug-likeness (QED) is 0.496. The Morgan fingerprint density at radius 2 is 2.00 bits per heavy atom. The molecule has 1 heterocycles. The number of amides is 1. The zero-order chi connectivity index (χ0) is 23.9. The smallest absolute Gasteiger partial charge is 0.427 e. The van der Waals surface area contributed by atoms with Crippen molar-refractivity contribution >= 4 is 33.5 Å². The fourth-order valence-electron chi connectivity index (χ4n) is 3.29. The van der Waals surface area contributed by atoms with Crippen LogP contribution in [-0.2, 0) is 24.2 Å². The van der Waals surface area contributed by atoms with Crippen molar-refractivity contribution < 1.29 is 32.0 Å². The van der Waals surface area contributed by atoms with E-state index in [-0.39, 0.29) is 22.9 Å². The molecule has 9 nitrogen and oxygen atoms in total. The van der Waals surface area contributed by atoms with Crippen molar-refractivity contribution in [1.29, 1.82) is 5.26 Å². The molecule has 174 valence electrons. The van der Waals surface area contributed by atoms with E-state index in [1.54, 1.807) is 20.8 Å². The van der Waals surface area contributed by atoms with E-state index < -0.39 is 50.1 Å². The van der Waals surface area contributed by atoms with Crippen LogP contribution in [0.2, 0.25) is 5.02 Å². The number of nitrogens with zero attached hydrogens (tertiary/aromatic N) is 2. The Hall–Kier alpha value is -2.42. The second kappa shape index (κ2) is 8.50. The van der Waals surface area contributed by atoms with E-state index >= 15 is 0 Å². The molecule has 0 radical (unpaired) electrons. The van der Waals surface area contributed by atoms with E-state index in [4.69, 9.17) is 21.2 Å². The molecule has 32 heavy (non-hydrogen) atoms. The number of halogens is 2. The van der Waals surface area contributed by atoms with Crippen molar-refractivity contribution in [2.45, 2.75) is 67.4 Å². The highest BCUT2D eigenvalue weighted by molar-refractivity contribution is 7.92. The second-order valence-corrected chi connectivity index (χ2v) is 11.4. The van der Waals surface area contributed by atoms with Gasteiger partial charge in [-0.15, -0.1) is 5.06 Å². The summed E-state index contributed by atoms with van der Waals surface area (Å²) in [7, 11) is -4.11. The minimum absolute atomic E-state index is 0.230. The Morgan fingerprint density at radius 1 is 1.34 bits per heavy atom. The lowest BCUT2D eigenvalue weighted by molar-refractivity contribution is -0.162.